The van der Waals surface area contributed by atoms with E-state index in [4.69, 9.17) is 0 Å². The Labute approximate surface area is 183 Å². The first-order valence-corrected chi connectivity index (χ1v) is 14.2. The zero-order valence-corrected chi connectivity index (χ0v) is 20.2. The minimum absolute atomic E-state index is 0.795. The van der Waals surface area contributed by atoms with Gasteiger partial charge in [0.25, 0.3) is 0 Å². The van der Waals surface area contributed by atoms with Gasteiger partial charge in [-0.25, -0.2) is 0 Å². The van der Waals surface area contributed by atoms with Crippen molar-refractivity contribution in [1.29, 1.82) is 0 Å². The summed E-state index contributed by atoms with van der Waals surface area (Å²) in [5, 5.41) is 0. The van der Waals surface area contributed by atoms with Crippen LogP contribution < -0.4 is 0 Å². The number of rotatable bonds is 9. The monoisotopic (exact) mass is 400 g/mol. The lowest BCUT2D eigenvalue weighted by atomic mass is 9.47. The van der Waals surface area contributed by atoms with E-state index < -0.39 is 0 Å². The summed E-state index contributed by atoms with van der Waals surface area (Å²) in [6.45, 7) is 4.75. The van der Waals surface area contributed by atoms with E-state index in [9.17, 15) is 0 Å². The van der Waals surface area contributed by atoms with Gasteiger partial charge in [-0.05, 0) is 118 Å². The molecule has 0 atom stereocenters. The SMILES string of the molecule is CCCCCCCC12CCC(C3CCC(C4CCC(CC)CC4)CC3)(CC1)CC2. The van der Waals surface area contributed by atoms with E-state index in [2.05, 4.69) is 13.8 Å². The summed E-state index contributed by atoms with van der Waals surface area (Å²) in [5.74, 6) is 4.38. The van der Waals surface area contributed by atoms with Gasteiger partial charge in [0, 0.05) is 0 Å². The van der Waals surface area contributed by atoms with Gasteiger partial charge in [0.1, 0.15) is 0 Å². The van der Waals surface area contributed by atoms with Crippen molar-refractivity contribution in [2.45, 2.75) is 149 Å². The molecule has 0 spiro atoms. The topological polar surface area (TPSA) is 0 Å². The third-order valence-corrected chi connectivity index (χ3v) is 11.0. The molecule has 0 aromatic rings. The van der Waals surface area contributed by atoms with Gasteiger partial charge in [0.2, 0.25) is 0 Å². The van der Waals surface area contributed by atoms with Gasteiger partial charge in [-0.15, -0.1) is 0 Å². The second-order valence-electron chi connectivity index (χ2n) is 12.3. The zero-order chi connectivity index (χ0) is 20.2. The molecule has 5 fully saturated rings. The highest BCUT2D eigenvalue weighted by atomic mass is 14.6. The fraction of sp³-hybridized carbons (Fsp3) is 1.00. The van der Waals surface area contributed by atoms with Crippen LogP contribution in [0.15, 0.2) is 0 Å². The van der Waals surface area contributed by atoms with Crippen molar-refractivity contribution in [3.63, 3.8) is 0 Å². The van der Waals surface area contributed by atoms with Crippen LogP contribution >= 0.6 is 0 Å². The fourth-order valence-corrected chi connectivity index (χ4v) is 8.65. The molecule has 0 nitrogen and oxygen atoms in total. The number of hydrogen-bond acceptors (Lipinski definition) is 0. The summed E-state index contributed by atoms with van der Waals surface area (Å²) in [6.07, 6.45) is 32.6. The maximum Gasteiger partial charge on any atom is -0.0269 e. The predicted molar refractivity (Wildman–Crippen MR) is 127 cm³/mol. The molecule has 0 unspecified atom stereocenters. The molecule has 0 aromatic heterocycles. The van der Waals surface area contributed by atoms with E-state index >= 15 is 0 Å². The Balaban J connectivity index is 1.21. The van der Waals surface area contributed by atoms with Gasteiger partial charge in [-0.2, -0.15) is 0 Å². The average Bonchev–Trinajstić information content (AvgIpc) is 2.80. The highest BCUT2D eigenvalue weighted by Crippen LogP contribution is 2.63. The summed E-state index contributed by atoms with van der Waals surface area (Å²) in [4.78, 5) is 0. The van der Waals surface area contributed by atoms with Crippen molar-refractivity contribution in [3.8, 4) is 0 Å². The Morgan fingerprint density at radius 3 is 1.69 bits per heavy atom. The van der Waals surface area contributed by atoms with Gasteiger partial charge >= 0.3 is 0 Å². The quantitative estimate of drug-likeness (QED) is 0.338. The molecule has 0 aromatic carbocycles. The molecule has 0 amide bonds. The molecule has 5 aliphatic carbocycles. The van der Waals surface area contributed by atoms with Crippen molar-refractivity contribution in [2.24, 2.45) is 34.5 Å². The summed E-state index contributed by atoms with van der Waals surface area (Å²) in [5.41, 5.74) is 1.60. The lowest BCUT2D eigenvalue weighted by molar-refractivity contribution is -0.0680. The number of unbranched alkanes of at least 4 members (excludes halogenated alkanes) is 4. The van der Waals surface area contributed by atoms with Crippen LogP contribution in [0.3, 0.4) is 0 Å². The minimum atomic E-state index is 0.795. The second-order valence-corrected chi connectivity index (χ2v) is 12.3. The second kappa shape index (κ2) is 10.1. The standard InChI is InChI=1S/C29H52/c1-3-5-6-7-8-17-28-18-21-29(22-19-28,23-20-28)27-15-13-26(14-16-27)25-11-9-24(4-2)10-12-25/h24-27H,3-23H2,1-2H3. The smallest absolute Gasteiger partial charge is 0.0269 e. The molecule has 5 aliphatic rings. The van der Waals surface area contributed by atoms with E-state index in [0.29, 0.717) is 0 Å². The molecule has 5 rings (SSSR count). The minimum Gasteiger partial charge on any atom is -0.0654 e. The van der Waals surface area contributed by atoms with Crippen molar-refractivity contribution in [1.82, 2.24) is 0 Å². The summed E-state index contributed by atoms with van der Waals surface area (Å²) in [6, 6.07) is 0. The van der Waals surface area contributed by atoms with Crippen LogP contribution in [0.5, 0.6) is 0 Å². The molecule has 0 heterocycles. The fourth-order valence-electron chi connectivity index (χ4n) is 8.65. The number of fused-ring (bicyclic) bond motifs is 3. The van der Waals surface area contributed by atoms with Crippen LogP contribution in [-0.2, 0) is 0 Å². The third-order valence-electron chi connectivity index (χ3n) is 11.0. The molecule has 0 aliphatic heterocycles. The van der Waals surface area contributed by atoms with E-state index in [1.807, 2.05) is 0 Å². The Hall–Kier alpha value is 0. The third kappa shape index (κ3) is 5.09. The first-order valence-electron chi connectivity index (χ1n) is 14.2. The molecule has 0 heteroatoms. The summed E-state index contributed by atoms with van der Waals surface area (Å²) < 4.78 is 0. The van der Waals surface area contributed by atoms with Crippen molar-refractivity contribution < 1.29 is 0 Å². The highest BCUT2D eigenvalue weighted by molar-refractivity contribution is 5.03. The van der Waals surface area contributed by atoms with Crippen LogP contribution in [0.4, 0.5) is 0 Å². The lowest BCUT2D eigenvalue weighted by Crippen LogP contribution is -2.46. The Bertz CT molecular complexity index is 450. The van der Waals surface area contributed by atoms with Crippen LogP contribution in [-0.4, -0.2) is 0 Å². The van der Waals surface area contributed by atoms with Crippen LogP contribution in [0.25, 0.3) is 0 Å². The molecule has 168 valence electrons. The van der Waals surface area contributed by atoms with Gasteiger partial charge < -0.3 is 0 Å². The van der Waals surface area contributed by atoms with Gasteiger partial charge in [-0.3, -0.25) is 0 Å². The van der Waals surface area contributed by atoms with E-state index in [1.165, 1.54) is 38.5 Å². The summed E-state index contributed by atoms with van der Waals surface area (Å²) in [7, 11) is 0. The maximum absolute atomic E-state index is 2.41. The molecule has 5 saturated carbocycles. The maximum atomic E-state index is 2.41. The van der Waals surface area contributed by atoms with Crippen molar-refractivity contribution in [3.05, 3.63) is 0 Å². The largest absolute Gasteiger partial charge is 0.0654 e. The van der Waals surface area contributed by atoms with Gasteiger partial charge in [0.05, 0.1) is 0 Å². The Morgan fingerprint density at radius 1 is 0.586 bits per heavy atom. The van der Waals surface area contributed by atoms with E-state index in [1.54, 1.807) is 96.3 Å². The van der Waals surface area contributed by atoms with Gasteiger partial charge in [-0.1, -0.05) is 65.2 Å². The van der Waals surface area contributed by atoms with Crippen molar-refractivity contribution >= 4 is 0 Å². The van der Waals surface area contributed by atoms with E-state index in [0.717, 1.165) is 34.5 Å². The first-order chi connectivity index (χ1) is 14.2. The molecule has 0 N–H and O–H groups in total. The molecular formula is C29H52. The van der Waals surface area contributed by atoms with Crippen LogP contribution in [0.1, 0.15) is 149 Å². The number of hydrogen-bond donors (Lipinski definition) is 0. The van der Waals surface area contributed by atoms with Gasteiger partial charge in [0.15, 0.2) is 0 Å². The normalized spacial score (nSPS) is 42.8. The molecular weight excluding hydrogens is 348 g/mol. The molecule has 2 bridgehead atoms. The highest BCUT2D eigenvalue weighted by Gasteiger charge is 2.51. The zero-order valence-electron chi connectivity index (χ0n) is 20.2. The lowest BCUT2D eigenvalue weighted by Gasteiger charge is -2.58. The van der Waals surface area contributed by atoms with Crippen molar-refractivity contribution in [2.75, 3.05) is 0 Å². The van der Waals surface area contributed by atoms with Crippen LogP contribution in [0, 0.1) is 34.5 Å². The summed E-state index contributed by atoms with van der Waals surface area (Å²) >= 11 is 0. The van der Waals surface area contributed by atoms with Crippen LogP contribution in [0.2, 0.25) is 0 Å². The Morgan fingerprint density at radius 2 is 1.14 bits per heavy atom. The molecule has 0 saturated heterocycles. The first kappa shape index (κ1) is 22.2. The molecule has 0 radical (unpaired) electrons. The predicted octanol–water partition coefficient (Wildman–Crippen LogP) is 9.71. The Kier molecular flexibility index (Phi) is 7.72. The van der Waals surface area contributed by atoms with E-state index in [-0.39, 0.29) is 0 Å². The molecule has 29 heavy (non-hydrogen) atoms. The average molecular weight is 401 g/mol.